The van der Waals surface area contributed by atoms with Gasteiger partial charge in [0.25, 0.3) is 10.0 Å². The summed E-state index contributed by atoms with van der Waals surface area (Å²) in [5, 5.41) is 0. The highest BCUT2D eigenvalue weighted by Crippen LogP contribution is 2.37. The Morgan fingerprint density at radius 2 is 1.88 bits per heavy atom. The predicted molar refractivity (Wildman–Crippen MR) is 101 cm³/mol. The van der Waals surface area contributed by atoms with Gasteiger partial charge in [-0.2, -0.15) is 0 Å². The summed E-state index contributed by atoms with van der Waals surface area (Å²) in [6, 6.07) is 11.3. The van der Waals surface area contributed by atoms with Crippen molar-refractivity contribution in [3.8, 4) is 5.75 Å². The van der Waals surface area contributed by atoms with E-state index in [1.54, 1.807) is 6.07 Å². The molecule has 0 N–H and O–H groups in total. The highest BCUT2D eigenvalue weighted by Gasteiger charge is 2.32. The van der Waals surface area contributed by atoms with Gasteiger partial charge in [0, 0.05) is 6.54 Å². The van der Waals surface area contributed by atoms with Gasteiger partial charge in [-0.1, -0.05) is 32.0 Å². The average Bonchev–Trinajstić information content (AvgIpc) is 2.60. The Balaban J connectivity index is 2.17. The van der Waals surface area contributed by atoms with E-state index in [1.807, 2.05) is 37.3 Å². The van der Waals surface area contributed by atoms with E-state index in [9.17, 15) is 8.42 Å². The molecule has 1 aliphatic rings. The number of para-hydroxylation sites is 1. The zero-order valence-electron chi connectivity index (χ0n) is 15.2. The van der Waals surface area contributed by atoms with E-state index in [0.29, 0.717) is 12.3 Å². The molecule has 0 saturated heterocycles. The molecule has 1 heterocycles. The van der Waals surface area contributed by atoms with Gasteiger partial charge in [0.15, 0.2) is 0 Å². The zero-order chi connectivity index (χ0) is 18.2. The number of hydrogen-bond donors (Lipinski definition) is 0. The number of fused-ring (bicyclic) bond motifs is 1. The zero-order valence-corrected chi connectivity index (χ0v) is 16.1. The fourth-order valence-corrected chi connectivity index (χ4v) is 5.24. The van der Waals surface area contributed by atoms with Gasteiger partial charge >= 0.3 is 0 Å². The van der Waals surface area contributed by atoms with Crippen molar-refractivity contribution < 1.29 is 13.2 Å². The molecule has 0 amide bonds. The van der Waals surface area contributed by atoms with Gasteiger partial charge < -0.3 is 4.74 Å². The van der Waals surface area contributed by atoms with Crippen LogP contribution in [0.15, 0.2) is 41.3 Å². The molecule has 2 aromatic carbocycles. The van der Waals surface area contributed by atoms with Crippen molar-refractivity contribution in [2.75, 3.05) is 18.0 Å². The Morgan fingerprint density at radius 3 is 2.56 bits per heavy atom. The molecule has 134 valence electrons. The Morgan fingerprint density at radius 1 is 1.16 bits per heavy atom. The monoisotopic (exact) mass is 359 g/mol. The first-order chi connectivity index (χ1) is 11.9. The van der Waals surface area contributed by atoms with Crippen molar-refractivity contribution in [3.05, 3.63) is 53.1 Å². The molecule has 0 atom stereocenters. The van der Waals surface area contributed by atoms with Gasteiger partial charge in [0.05, 0.1) is 12.8 Å². The fourth-order valence-electron chi connectivity index (χ4n) is 3.53. The quantitative estimate of drug-likeness (QED) is 0.819. The van der Waals surface area contributed by atoms with Crippen LogP contribution in [0, 0.1) is 6.92 Å². The molecular weight excluding hydrogens is 334 g/mol. The number of sulfonamides is 1. The molecule has 1 aliphatic heterocycles. The first-order valence-corrected chi connectivity index (χ1v) is 10.1. The number of anilines is 1. The molecule has 4 nitrogen and oxygen atoms in total. The number of hydrogen-bond acceptors (Lipinski definition) is 3. The van der Waals surface area contributed by atoms with Crippen LogP contribution in [0.4, 0.5) is 5.69 Å². The number of methoxy groups -OCH3 is 1. The summed E-state index contributed by atoms with van der Waals surface area (Å²) in [7, 11) is -2.16. The van der Waals surface area contributed by atoms with E-state index >= 15 is 0 Å². The molecule has 2 aromatic rings. The third-order valence-electron chi connectivity index (χ3n) is 4.81. The third kappa shape index (κ3) is 3.13. The number of ether oxygens (including phenoxy) is 1. The van der Waals surface area contributed by atoms with E-state index in [4.69, 9.17) is 4.74 Å². The summed E-state index contributed by atoms with van der Waals surface area (Å²) in [5.41, 5.74) is 3.93. The van der Waals surface area contributed by atoms with E-state index in [-0.39, 0.29) is 10.8 Å². The molecule has 0 unspecified atom stereocenters. The maximum Gasteiger partial charge on any atom is 0.268 e. The fraction of sp³-hybridized carbons (Fsp3) is 0.400. The molecule has 5 heteroatoms. The van der Waals surface area contributed by atoms with E-state index in [1.165, 1.54) is 11.4 Å². The van der Waals surface area contributed by atoms with Gasteiger partial charge in [0.2, 0.25) is 0 Å². The van der Waals surface area contributed by atoms with Crippen LogP contribution in [0.2, 0.25) is 0 Å². The maximum atomic E-state index is 13.5. The standard InChI is InChI=1S/C20H25NO3S/c1-14(2)17-13-20(19(24-4)12-15(17)3)25(22,23)21-11-7-9-16-8-5-6-10-18(16)21/h5-6,8,10,12-14H,7,9,11H2,1-4H3. The highest BCUT2D eigenvalue weighted by atomic mass is 32.2. The van der Waals surface area contributed by atoms with Gasteiger partial charge in [0.1, 0.15) is 10.6 Å². The second-order valence-electron chi connectivity index (χ2n) is 6.82. The first-order valence-electron chi connectivity index (χ1n) is 8.65. The van der Waals surface area contributed by atoms with Gasteiger partial charge in [-0.25, -0.2) is 8.42 Å². The number of rotatable bonds is 4. The third-order valence-corrected chi connectivity index (χ3v) is 6.64. The van der Waals surface area contributed by atoms with Crippen LogP contribution in [0.3, 0.4) is 0 Å². The van der Waals surface area contributed by atoms with Crippen LogP contribution in [0.5, 0.6) is 5.75 Å². The SMILES string of the molecule is COc1cc(C)c(C(C)C)cc1S(=O)(=O)N1CCCc2ccccc21. The predicted octanol–water partition coefficient (Wildman–Crippen LogP) is 4.27. The summed E-state index contributed by atoms with van der Waals surface area (Å²) in [6.07, 6.45) is 1.73. The average molecular weight is 359 g/mol. The molecule has 0 fully saturated rings. The Labute approximate surface area is 150 Å². The lowest BCUT2D eigenvalue weighted by molar-refractivity contribution is 0.401. The molecule has 0 aliphatic carbocycles. The minimum absolute atomic E-state index is 0.244. The summed E-state index contributed by atoms with van der Waals surface area (Å²) in [6.45, 7) is 6.63. The van der Waals surface area contributed by atoms with Gasteiger partial charge in [-0.3, -0.25) is 4.31 Å². The van der Waals surface area contributed by atoms with Crippen molar-refractivity contribution in [1.82, 2.24) is 0 Å². The largest absolute Gasteiger partial charge is 0.495 e. The van der Waals surface area contributed by atoms with Crippen LogP contribution in [-0.4, -0.2) is 22.1 Å². The van der Waals surface area contributed by atoms with Crippen molar-refractivity contribution >= 4 is 15.7 Å². The summed E-state index contributed by atoms with van der Waals surface area (Å²) >= 11 is 0. The topological polar surface area (TPSA) is 46.6 Å². The molecule has 0 radical (unpaired) electrons. The van der Waals surface area contributed by atoms with E-state index in [0.717, 1.165) is 35.2 Å². The lowest BCUT2D eigenvalue weighted by Crippen LogP contribution is -2.35. The lowest BCUT2D eigenvalue weighted by atomic mass is 9.98. The first kappa shape index (κ1) is 17.8. The van der Waals surface area contributed by atoms with Crippen LogP contribution in [0.25, 0.3) is 0 Å². The minimum Gasteiger partial charge on any atom is -0.495 e. The Bertz CT molecular complexity index is 888. The van der Waals surface area contributed by atoms with Gasteiger partial charge in [-0.05, 0) is 60.6 Å². The van der Waals surface area contributed by atoms with Crippen LogP contribution >= 0.6 is 0 Å². The molecule has 3 rings (SSSR count). The number of benzene rings is 2. The van der Waals surface area contributed by atoms with Crippen LogP contribution in [-0.2, 0) is 16.4 Å². The molecule has 0 bridgehead atoms. The summed E-state index contributed by atoms with van der Waals surface area (Å²) in [4.78, 5) is 0.251. The van der Waals surface area contributed by atoms with Crippen molar-refractivity contribution in [1.29, 1.82) is 0 Å². The Hall–Kier alpha value is -2.01. The van der Waals surface area contributed by atoms with Crippen molar-refractivity contribution in [3.63, 3.8) is 0 Å². The molecular formula is C20H25NO3S. The second kappa shape index (κ2) is 6.71. The second-order valence-corrected chi connectivity index (χ2v) is 8.65. The van der Waals surface area contributed by atoms with Crippen LogP contribution in [0.1, 0.15) is 42.9 Å². The van der Waals surface area contributed by atoms with Crippen molar-refractivity contribution in [2.24, 2.45) is 0 Å². The van der Waals surface area contributed by atoms with Gasteiger partial charge in [-0.15, -0.1) is 0 Å². The van der Waals surface area contributed by atoms with E-state index < -0.39 is 10.0 Å². The van der Waals surface area contributed by atoms with E-state index in [2.05, 4.69) is 13.8 Å². The number of aryl methyl sites for hydroxylation is 2. The smallest absolute Gasteiger partial charge is 0.268 e. The normalized spacial score (nSPS) is 14.5. The van der Waals surface area contributed by atoms with Crippen molar-refractivity contribution in [2.45, 2.75) is 44.4 Å². The molecule has 0 spiro atoms. The minimum atomic E-state index is -3.68. The lowest BCUT2D eigenvalue weighted by Gasteiger charge is -2.31. The summed E-state index contributed by atoms with van der Waals surface area (Å²) in [5.74, 6) is 0.651. The number of nitrogens with zero attached hydrogens (tertiary/aromatic N) is 1. The van der Waals surface area contributed by atoms with Crippen LogP contribution < -0.4 is 9.04 Å². The highest BCUT2D eigenvalue weighted by molar-refractivity contribution is 7.93. The molecule has 0 saturated carbocycles. The maximum absolute atomic E-state index is 13.5. The molecule has 0 aromatic heterocycles. The Kier molecular flexibility index (Phi) is 4.78. The summed E-state index contributed by atoms with van der Waals surface area (Å²) < 4.78 is 33.9. The molecule has 25 heavy (non-hydrogen) atoms.